The Balaban J connectivity index is 1.17. The van der Waals surface area contributed by atoms with Gasteiger partial charge in [0.15, 0.2) is 0 Å². The van der Waals surface area contributed by atoms with Gasteiger partial charge in [-0.05, 0) is 86.1 Å². The van der Waals surface area contributed by atoms with E-state index in [0.29, 0.717) is 0 Å². The van der Waals surface area contributed by atoms with Crippen LogP contribution in [0.2, 0.25) is 0 Å². The quantitative estimate of drug-likeness (QED) is 0.162. The lowest BCUT2D eigenvalue weighted by Gasteiger charge is -2.29. The molecule has 0 atom stereocenters. The van der Waals surface area contributed by atoms with Crippen LogP contribution < -0.4 is 4.90 Å². The SMILES string of the molecule is c1ccc(-c2ccc(-c3ccccc3N(c3cccc4ccccc34)c3cccc4oc5c6ccccc6c(-c6cccc(-c7ccccc7)c6)cc5c34)cc2)cc1. The number of anilines is 3. The normalized spacial score (nSPS) is 11.4. The van der Waals surface area contributed by atoms with Crippen molar-refractivity contribution in [3.8, 4) is 44.5 Å². The first-order valence-corrected chi connectivity index (χ1v) is 19.8. The van der Waals surface area contributed by atoms with E-state index in [0.717, 1.165) is 60.9 Å². The van der Waals surface area contributed by atoms with E-state index in [1.807, 2.05) is 0 Å². The number of furan rings is 1. The van der Waals surface area contributed by atoms with Gasteiger partial charge in [-0.2, -0.15) is 0 Å². The number of nitrogens with zero attached hydrogens (tertiary/aromatic N) is 1. The van der Waals surface area contributed by atoms with E-state index in [1.54, 1.807) is 0 Å². The molecule has 0 aliphatic carbocycles. The van der Waals surface area contributed by atoms with Gasteiger partial charge in [-0.15, -0.1) is 0 Å². The van der Waals surface area contributed by atoms with E-state index in [9.17, 15) is 0 Å². The summed E-state index contributed by atoms with van der Waals surface area (Å²) >= 11 is 0. The molecule has 2 heteroatoms. The van der Waals surface area contributed by atoms with Gasteiger partial charge in [-0.25, -0.2) is 0 Å². The first-order chi connectivity index (χ1) is 28.8. The van der Waals surface area contributed by atoms with Gasteiger partial charge in [0.25, 0.3) is 0 Å². The molecule has 0 saturated heterocycles. The Labute approximate surface area is 337 Å². The van der Waals surface area contributed by atoms with E-state index in [-0.39, 0.29) is 0 Å². The van der Waals surface area contributed by atoms with Crippen molar-refractivity contribution >= 4 is 60.5 Å². The molecular weight excluding hydrogens is 703 g/mol. The zero-order valence-corrected chi connectivity index (χ0v) is 31.7. The van der Waals surface area contributed by atoms with E-state index < -0.39 is 0 Å². The maximum Gasteiger partial charge on any atom is 0.143 e. The lowest BCUT2D eigenvalue weighted by molar-refractivity contribution is 0.672. The monoisotopic (exact) mass is 739 g/mol. The Bertz CT molecular complexity index is 3270. The van der Waals surface area contributed by atoms with Crippen molar-refractivity contribution in [2.45, 2.75) is 0 Å². The lowest BCUT2D eigenvalue weighted by Crippen LogP contribution is -2.12. The molecule has 2 nitrogen and oxygen atoms in total. The van der Waals surface area contributed by atoms with Crippen molar-refractivity contribution in [2.24, 2.45) is 0 Å². The molecule has 0 unspecified atom stereocenters. The molecule has 0 saturated carbocycles. The molecule has 0 N–H and O–H groups in total. The molecule has 0 bridgehead atoms. The zero-order valence-electron chi connectivity index (χ0n) is 31.7. The summed E-state index contributed by atoms with van der Waals surface area (Å²) in [7, 11) is 0. The molecular formula is C56H37NO. The van der Waals surface area contributed by atoms with Crippen LogP contribution in [0.3, 0.4) is 0 Å². The molecule has 0 spiro atoms. The minimum absolute atomic E-state index is 0.850. The molecule has 0 fully saturated rings. The van der Waals surface area contributed by atoms with Crippen LogP contribution in [0.1, 0.15) is 0 Å². The lowest BCUT2D eigenvalue weighted by atomic mass is 9.93. The van der Waals surface area contributed by atoms with Crippen LogP contribution in [0.5, 0.6) is 0 Å². The van der Waals surface area contributed by atoms with Gasteiger partial charge >= 0.3 is 0 Å². The summed E-state index contributed by atoms with van der Waals surface area (Å²) in [6.07, 6.45) is 0. The van der Waals surface area contributed by atoms with Gasteiger partial charge in [-0.3, -0.25) is 0 Å². The Morgan fingerprint density at radius 2 is 0.828 bits per heavy atom. The molecule has 10 aromatic carbocycles. The van der Waals surface area contributed by atoms with Crippen LogP contribution in [0.25, 0.3) is 88.0 Å². The van der Waals surface area contributed by atoms with Crippen LogP contribution in [-0.4, -0.2) is 0 Å². The minimum atomic E-state index is 0.850. The highest BCUT2D eigenvalue weighted by molar-refractivity contribution is 6.23. The third-order valence-corrected chi connectivity index (χ3v) is 11.5. The molecule has 0 amide bonds. The molecule has 58 heavy (non-hydrogen) atoms. The maximum atomic E-state index is 6.94. The molecule has 0 aliphatic heterocycles. The molecule has 0 radical (unpaired) electrons. The van der Waals surface area contributed by atoms with Crippen molar-refractivity contribution < 1.29 is 4.42 Å². The maximum absolute atomic E-state index is 6.94. The van der Waals surface area contributed by atoms with Crippen LogP contribution in [-0.2, 0) is 0 Å². The topological polar surface area (TPSA) is 16.4 Å². The number of rotatable bonds is 7. The Morgan fingerprint density at radius 3 is 1.64 bits per heavy atom. The van der Waals surface area contributed by atoms with Gasteiger partial charge in [0.05, 0.1) is 22.4 Å². The van der Waals surface area contributed by atoms with Crippen LogP contribution >= 0.6 is 0 Å². The van der Waals surface area contributed by atoms with E-state index in [1.165, 1.54) is 44.2 Å². The third-order valence-electron chi connectivity index (χ3n) is 11.5. The fraction of sp³-hybridized carbons (Fsp3) is 0. The highest BCUT2D eigenvalue weighted by atomic mass is 16.3. The number of hydrogen-bond acceptors (Lipinski definition) is 2. The Kier molecular flexibility index (Phi) is 8.19. The molecule has 0 aliphatic rings. The highest BCUT2D eigenvalue weighted by Gasteiger charge is 2.24. The summed E-state index contributed by atoms with van der Waals surface area (Å²) in [5, 5.41) is 6.78. The van der Waals surface area contributed by atoms with Gasteiger partial charge in [0.2, 0.25) is 0 Å². The number of benzene rings is 10. The Morgan fingerprint density at radius 1 is 0.293 bits per heavy atom. The Hall–Kier alpha value is -7.68. The van der Waals surface area contributed by atoms with E-state index in [4.69, 9.17) is 4.42 Å². The summed E-state index contributed by atoms with van der Waals surface area (Å²) in [6.45, 7) is 0. The fourth-order valence-electron chi connectivity index (χ4n) is 8.73. The summed E-state index contributed by atoms with van der Waals surface area (Å²) in [4.78, 5) is 2.45. The second-order valence-electron chi connectivity index (χ2n) is 14.8. The fourth-order valence-corrected chi connectivity index (χ4v) is 8.73. The van der Waals surface area contributed by atoms with Gasteiger partial charge in [-0.1, -0.05) is 188 Å². The average Bonchev–Trinajstić information content (AvgIpc) is 3.69. The summed E-state index contributed by atoms with van der Waals surface area (Å²) in [6, 6.07) is 80.6. The molecule has 272 valence electrons. The standard InChI is InChI=1S/C56H37NO/c1-3-16-38(17-4-1)40-32-34-42(35-33-40)46-25-11-12-28-51(46)57(52-29-14-21-41-20-7-8-24-45(41)52)53-30-15-31-54-55(53)50-37-49(47-26-9-10-27-48(47)56(50)58-54)44-23-13-22-43(36-44)39-18-5-2-6-19-39/h1-37H. The summed E-state index contributed by atoms with van der Waals surface area (Å²) in [5.41, 5.74) is 14.4. The van der Waals surface area contributed by atoms with Crippen LogP contribution in [0.4, 0.5) is 17.1 Å². The van der Waals surface area contributed by atoms with E-state index in [2.05, 4.69) is 229 Å². The average molecular weight is 740 g/mol. The second kappa shape index (κ2) is 14.1. The van der Waals surface area contributed by atoms with Gasteiger partial charge in [0.1, 0.15) is 11.2 Å². The molecule has 1 heterocycles. The van der Waals surface area contributed by atoms with Gasteiger partial charge < -0.3 is 9.32 Å². The predicted octanol–water partition coefficient (Wildman–Crippen LogP) is 16.0. The smallest absolute Gasteiger partial charge is 0.143 e. The number of hydrogen-bond donors (Lipinski definition) is 0. The first-order valence-electron chi connectivity index (χ1n) is 19.8. The zero-order chi connectivity index (χ0) is 38.4. The van der Waals surface area contributed by atoms with Crippen molar-refractivity contribution in [3.63, 3.8) is 0 Å². The highest BCUT2D eigenvalue weighted by Crippen LogP contribution is 2.49. The van der Waals surface area contributed by atoms with Crippen molar-refractivity contribution in [3.05, 3.63) is 224 Å². The van der Waals surface area contributed by atoms with E-state index >= 15 is 0 Å². The number of fused-ring (bicyclic) bond motifs is 6. The third kappa shape index (κ3) is 5.74. The molecule has 1 aromatic heterocycles. The van der Waals surface area contributed by atoms with Crippen molar-refractivity contribution in [1.82, 2.24) is 0 Å². The summed E-state index contributed by atoms with van der Waals surface area (Å²) in [5.74, 6) is 0. The van der Waals surface area contributed by atoms with Crippen molar-refractivity contribution in [2.75, 3.05) is 4.90 Å². The van der Waals surface area contributed by atoms with Gasteiger partial charge in [0, 0.05) is 21.7 Å². The number of para-hydroxylation sites is 1. The van der Waals surface area contributed by atoms with Crippen molar-refractivity contribution in [1.29, 1.82) is 0 Å². The predicted molar refractivity (Wildman–Crippen MR) is 245 cm³/mol. The van der Waals surface area contributed by atoms with Crippen LogP contribution in [0.15, 0.2) is 229 Å². The summed E-state index contributed by atoms with van der Waals surface area (Å²) < 4.78 is 6.94. The minimum Gasteiger partial charge on any atom is -0.455 e. The van der Waals surface area contributed by atoms with Crippen LogP contribution in [0, 0.1) is 0 Å². The molecule has 11 aromatic rings. The first kappa shape index (κ1) is 33.6. The second-order valence-corrected chi connectivity index (χ2v) is 14.8. The molecule has 11 rings (SSSR count). The largest absolute Gasteiger partial charge is 0.455 e.